The quantitative estimate of drug-likeness (QED) is 0.858. The van der Waals surface area contributed by atoms with Crippen molar-refractivity contribution in [1.82, 2.24) is 10.6 Å². The first-order valence-corrected chi connectivity index (χ1v) is 7.94. The zero-order valence-electron chi connectivity index (χ0n) is 14.6. The van der Waals surface area contributed by atoms with Crippen molar-refractivity contribution >= 4 is 18.3 Å². The monoisotopic (exact) mass is 362 g/mol. The molecule has 0 spiro atoms. The molecular formula is C19H23ClN2O3. The van der Waals surface area contributed by atoms with Gasteiger partial charge in [-0.15, -0.1) is 12.4 Å². The zero-order chi connectivity index (χ0) is 17.1. The molecule has 5 nitrogen and oxygen atoms in total. The first-order valence-electron chi connectivity index (χ1n) is 7.94. The highest BCUT2D eigenvalue weighted by molar-refractivity contribution is 5.96. The number of rotatable bonds is 5. The number of hydrogen-bond acceptors (Lipinski definition) is 4. The molecule has 0 saturated carbocycles. The second-order valence-electron chi connectivity index (χ2n) is 5.91. The number of hydrogen-bond donors (Lipinski definition) is 2. The molecule has 1 aliphatic heterocycles. The Kier molecular flexibility index (Phi) is 6.28. The predicted molar refractivity (Wildman–Crippen MR) is 99.7 cm³/mol. The van der Waals surface area contributed by atoms with Gasteiger partial charge < -0.3 is 20.1 Å². The minimum atomic E-state index is -0.118. The lowest BCUT2D eigenvalue weighted by Crippen LogP contribution is -2.23. The summed E-state index contributed by atoms with van der Waals surface area (Å²) < 4.78 is 10.5. The maximum atomic E-state index is 12.5. The lowest BCUT2D eigenvalue weighted by atomic mass is 10.1. The average molecular weight is 363 g/mol. The zero-order valence-corrected chi connectivity index (χ0v) is 15.5. The van der Waals surface area contributed by atoms with E-state index < -0.39 is 0 Å². The summed E-state index contributed by atoms with van der Waals surface area (Å²) in [5.74, 6) is 1.06. The Labute approximate surface area is 154 Å². The van der Waals surface area contributed by atoms with Gasteiger partial charge in [-0.3, -0.25) is 4.79 Å². The Morgan fingerprint density at radius 1 is 1.08 bits per heavy atom. The van der Waals surface area contributed by atoms with E-state index in [1.807, 2.05) is 13.0 Å². The lowest BCUT2D eigenvalue weighted by Gasteiger charge is -2.13. The van der Waals surface area contributed by atoms with Crippen LogP contribution >= 0.6 is 12.4 Å². The predicted octanol–water partition coefficient (Wildman–Crippen LogP) is 2.97. The molecule has 0 fully saturated rings. The molecule has 0 saturated heterocycles. The van der Waals surface area contributed by atoms with Gasteiger partial charge in [0.05, 0.1) is 14.2 Å². The maximum Gasteiger partial charge on any atom is 0.251 e. The Bertz CT molecular complexity index is 778. The minimum Gasteiger partial charge on any atom is -0.493 e. The fourth-order valence-electron chi connectivity index (χ4n) is 2.96. The van der Waals surface area contributed by atoms with Crippen molar-refractivity contribution in [3.05, 3.63) is 58.1 Å². The third kappa shape index (κ3) is 4.06. The summed E-state index contributed by atoms with van der Waals surface area (Å²) >= 11 is 0. The Balaban J connectivity index is 0.00000225. The van der Waals surface area contributed by atoms with Crippen LogP contribution < -0.4 is 20.1 Å². The molecule has 0 bridgehead atoms. The van der Waals surface area contributed by atoms with Crippen molar-refractivity contribution in [3.63, 3.8) is 0 Å². The molecule has 1 amide bonds. The Hall–Kier alpha value is -2.24. The van der Waals surface area contributed by atoms with Gasteiger partial charge in [-0.2, -0.15) is 0 Å². The third-order valence-corrected chi connectivity index (χ3v) is 4.33. The fraction of sp³-hybridized carbons (Fsp3) is 0.316. The van der Waals surface area contributed by atoms with Gasteiger partial charge in [0.25, 0.3) is 5.91 Å². The van der Waals surface area contributed by atoms with Crippen LogP contribution in [-0.4, -0.2) is 20.1 Å². The summed E-state index contributed by atoms with van der Waals surface area (Å²) in [5, 5.41) is 6.30. The maximum absolute atomic E-state index is 12.5. The molecule has 0 aromatic heterocycles. The van der Waals surface area contributed by atoms with E-state index >= 15 is 0 Å². The smallest absolute Gasteiger partial charge is 0.251 e. The standard InChI is InChI=1S/C19H22N2O3.ClH/c1-12-6-17(23-2)18(24-3)8-16(12)19(22)21-9-13-4-5-14-10-20-11-15(14)7-13;/h4-8,20H,9-11H2,1-3H3,(H,21,22);1H. The van der Waals surface area contributed by atoms with Crippen molar-refractivity contribution < 1.29 is 14.3 Å². The van der Waals surface area contributed by atoms with Crippen LogP contribution in [-0.2, 0) is 19.6 Å². The second-order valence-corrected chi connectivity index (χ2v) is 5.91. The van der Waals surface area contributed by atoms with E-state index in [4.69, 9.17) is 9.47 Å². The van der Waals surface area contributed by atoms with Crippen molar-refractivity contribution in [2.24, 2.45) is 0 Å². The molecule has 0 aliphatic carbocycles. The highest BCUT2D eigenvalue weighted by Crippen LogP contribution is 2.30. The number of amides is 1. The topological polar surface area (TPSA) is 59.6 Å². The van der Waals surface area contributed by atoms with E-state index in [0.717, 1.165) is 24.2 Å². The minimum absolute atomic E-state index is 0. The molecule has 2 aromatic carbocycles. The van der Waals surface area contributed by atoms with E-state index in [1.165, 1.54) is 11.1 Å². The molecule has 134 valence electrons. The second kappa shape index (κ2) is 8.23. The average Bonchev–Trinajstić information content (AvgIpc) is 3.07. The molecule has 1 heterocycles. The molecule has 0 unspecified atom stereocenters. The van der Waals surface area contributed by atoms with E-state index in [9.17, 15) is 4.79 Å². The van der Waals surface area contributed by atoms with E-state index in [1.54, 1.807) is 20.3 Å². The van der Waals surface area contributed by atoms with Crippen LogP contribution in [0.25, 0.3) is 0 Å². The number of nitrogens with one attached hydrogen (secondary N) is 2. The highest BCUT2D eigenvalue weighted by Gasteiger charge is 2.15. The molecular weight excluding hydrogens is 340 g/mol. The van der Waals surface area contributed by atoms with Crippen molar-refractivity contribution in [2.45, 2.75) is 26.6 Å². The lowest BCUT2D eigenvalue weighted by molar-refractivity contribution is 0.0950. The van der Waals surface area contributed by atoms with Gasteiger partial charge in [-0.05, 0) is 41.3 Å². The Morgan fingerprint density at radius 3 is 2.48 bits per heavy atom. The van der Waals surface area contributed by atoms with Gasteiger partial charge in [0, 0.05) is 25.2 Å². The van der Waals surface area contributed by atoms with E-state index in [0.29, 0.717) is 23.6 Å². The van der Waals surface area contributed by atoms with Crippen molar-refractivity contribution in [1.29, 1.82) is 0 Å². The number of ether oxygens (including phenoxy) is 2. The molecule has 3 rings (SSSR count). The molecule has 2 N–H and O–H groups in total. The summed E-state index contributed by atoms with van der Waals surface area (Å²) in [6, 6.07) is 9.87. The van der Waals surface area contributed by atoms with E-state index in [-0.39, 0.29) is 18.3 Å². The van der Waals surface area contributed by atoms with Crippen LogP contribution in [0.3, 0.4) is 0 Å². The summed E-state index contributed by atoms with van der Waals surface area (Å²) in [5.41, 5.74) is 5.19. The van der Waals surface area contributed by atoms with Gasteiger partial charge in [0.1, 0.15) is 0 Å². The van der Waals surface area contributed by atoms with Crippen LogP contribution in [0.2, 0.25) is 0 Å². The van der Waals surface area contributed by atoms with E-state index in [2.05, 4.69) is 28.8 Å². The SMILES string of the molecule is COc1cc(C)c(C(=O)NCc2ccc3c(c2)CNC3)cc1OC.Cl. The number of fused-ring (bicyclic) bond motifs is 1. The van der Waals surface area contributed by atoms with Gasteiger partial charge in [-0.1, -0.05) is 18.2 Å². The summed E-state index contributed by atoms with van der Waals surface area (Å²) in [6.07, 6.45) is 0. The van der Waals surface area contributed by atoms with Crippen LogP contribution in [0.1, 0.15) is 32.6 Å². The first kappa shape index (κ1) is 19.1. The fourth-order valence-corrected chi connectivity index (χ4v) is 2.96. The van der Waals surface area contributed by atoms with Crippen LogP contribution in [0.4, 0.5) is 0 Å². The third-order valence-electron chi connectivity index (χ3n) is 4.33. The largest absolute Gasteiger partial charge is 0.493 e. The van der Waals surface area contributed by atoms with Crippen molar-refractivity contribution in [3.8, 4) is 11.5 Å². The molecule has 0 radical (unpaired) electrons. The number of halogens is 1. The first-order chi connectivity index (χ1) is 11.6. The van der Waals surface area contributed by atoms with Gasteiger partial charge in [0.15, 0.2) is 11.5 Å². The Morgan fingerprint density at radius 2 is 1.76 bits per heavy atom. The molecule has 6 heteroatoms. The number of benzene rings is 2. The number of carbonyl (C=O) groups is 1. The normalized spacial score (nSPS) is 12.1. The molecule has 1 aliphatic rings. The van der Waals surface area contributed by atoms with Crippen LogP contribution in [0.15, 0.2) is 30.3 Å². The number of carbonyl (C=O) groups excluding carboxylic acids is 1. The number of methoxy groups -OCH3 is 2. The van der Waals surface area contributed by atoms with Gasteiger partial charge in [-0.25, -0.2) is 0 Å². The highest BCUT2D eigenvalue weighted by atomic mass is 35.5. The molecule has 0 atom stereocenters. The van der Waals surface area contributed by atoms with Crippen LogP contribution in [0.5, 0.6) is 11.5 Å². The summed E-state index contributed by atoms with van der Waals surface area (Å²) in [6.45, 7) is 4.20. The molecule has 2 aromatic rings. The molecule has 25 heavy (non-hydrogen) atoms. The summed E-state index contributed by atoms with van der Waals surface area (Å²) in [4.78, 5) is 12.5. The van der Waals surface area contributed by atoms with Gasteiger partial charge >= 0.3 is 0 Å². The number of aryl methyl sites for hydroxylation is 1. The van der Waals surface area contributed by atoms with Crippen molar-refractivity contribution in [2.75, 3.05) is 14.2 Å². The van der Waals surface area contributed by atoms with Gasteiger partial charge in [0.2, 0.25) is 0 Å². The van der Waals surface area contributed by atoms with Crippen LogP contribution in [0, 0.1) is 6.92 Å². The summed E-state index contributed by atoms with van der Waals surface area (Å²) in [7, 11) is 3.15.